The van der Waals surface area contributed by atoms with Gasteiger partial charge in [0.1, 0.15) is 12.1 Å². The normalized spacial score (nSPS) is 20.8. The third kappa shape index (κ3) is 1.93. The quantitative estimate of drug-likeness (QED) is 0.791. The molecule has 0 radical (unpaired) electrons. The van der Waals surface area contributed by atoms with E-state index in [1.54, 1.807) is 18.7 Å². The molecule has 2 aromatic heterocycles. The van der Waals surface area contributed by atoms with E-state index >= 15 is 0 Å². The van der Waals surface area contributed by atoms with Crippen LogP contribution in [0.1, 0.15) is 12.8 Å². The summed E-state index contributed by atoms with van der Waals surface area (Å²) in [5.74, 6) is 0.899. The molecule has 0 amide bonds. The van der Waals surface area contributed by atoms with E-state index in [1.165, 1.54) is 0 Å². The highest BCUT2D eigenvalue weighted by Gasteiger charge is 2.20. The van der Waals surface area contributed by atoms with Crippen LogP contribution in [-0.2, 0) is 0 Å². The minimum absolute atomic E-state index is 0.254. The van der Waals surface area contributed by atoms with E-state index in [2.05, 4.69) is 19.9 Å². The predicted octanol–water partition coefficient (Wildman–Crippen LogP) is 0.986. The number of piperidine rings is 1. The molecular weight excluding hydrogens is 216 g/mol. The number of aliphatic hydroxyl groups excluding tert-OH is 1. The second kappa shape index (κ2) is 4.25. The number of aliphatic hydroxyl groups is 1. The number of fused-ring (bicyclic) bond motifs is 1. The van der Waals surface area contributed by atoms with Crippen LogP contribution in [0.15, 0.2) is 24.8 Å². The van der Waals surface area contributed by atoms with Gasteiger partial charge < -0.3 is 10.0 Å². The summed E-state index contributed by atoms with van der Waals surface area (Å²) in [7, 11) is 0. The van der Waals surface area contributed by atoms with Gasteiger partial charge in [0.25, 0.3) is 0 Å². The zero-order chi connectivity index (χ0) is 11.7. The molecule has 1 atom stereocenters. The van der Waals surface area contributed by atoms with Crippen LogP contribution in [0.4, 0.5) is 5.82 Å². The molecule has 1 unspecified atom stereocenters. The number of rotatable bonds is 1. The molecule has 0 bridgehead atoms. The Kier molecular flexibility index (Phi) is 2.60. The van der Waals surface area contributed by atoms with Gasteiger partial charge in [-0.1, -0.05) is 0 Å². The first-order valence-corrected chi connectivity index (χ1v) is 5.82. The standard InChI is InChI=1S/C12H14N4O/c17-9-2-1-5-16(7-9)12-10-3-4-13-6-11(10)14-8-15-12/h3-4,6,8-9,17H,1-2,5,7H2. The number of nitrogens with zero attached hydrogens (tertiary/aromatic N) is 4. The van der Waals surface area contributed by atoms with E-state index in [1.807, 2.05) is 6.07 Å². The monoisotopic (exact) mass is 230 g/mol. The predicted molar refractivity (Wildman–Crippen MR) is 64.8 cm³/mol. The van der Waals surface area contributed by atoms with Crippen molar-refractivity contribution in [2.45, 2.75) is 18.9 Å². The van der Waals surface area contributed by atoms with Crippen LogP contribution >= 0.6 is 0 Å². The first-order valence-electron chi connectivity index (χ1n) is 5.82. The van der Waals surface area contributed by atoms with Crippen molar-refractivity contribution in [2.75, 3.05) is 18.0 Å². The minimum atomic E-state index is -0.254. The van der Waals surface area contributed by atoms with E-state index in [0.29, 0.717) is 6.54 Å². The summed E-state index contributed by atoms with van der Waals surface area (Å²) in [5.41, 5.74) is 0.845. The van der Waals surface area contributed by atoms with Gasteiger partial charge >= 0.3 is 0 Å². The Labute approximate surface area is 99.1 Å². The number of β-amino-alcohol motifs (C(OH)–C–C–N with tert-alkyl or cyclic N) is 1. The molecule has 17 heavy (non-hydrogen) atoms. The molecule has 88 valence electrons. The Hall–Kier alpha value is -1.75. The van der Waals surface area contributed by atoms with Gasteiger partial charge in [0.2, 0.25) is 0 Å². The fourth-order valence-electron chi connectivity index (χ4n) is 2.29. The van der Waals surface area contributed by atoms with Crippen molar-refractivity contribution in [2.24, 2.45) is 0 Å². The van der Waals surface area contributed by atoms with Crippen LogP contribution in [0, 0.1) is 0 Å². The van der Waals surface area contributed by atoms with Gasteiger partial charge in [0, 0.05) is 24.7 Å². The molecule has 1 saturated heterocycles. The highest BCUT2D eigenvalue weighted by Crippen LogP contribution is 2.24. The van der Waals surface area contributed by atoms with Crippen molar-refractivity contribution < 1.29 is 5.11 Å². The maximum atomic E-state index is 9.72. The summed E-state index contributed by atoms with van der Waals surface area (Å²) in [6.45, 7) is 1.58. The van der Waals surface area contributed by atoms with Crippen LogP contribution in [0.2, 0.25) is 0 Å². The Balaban J connectivity index is 2.04. The molecule has 0 saturated carbocycles. The molecule has 1 aliphatic rings. The summed E-state index contributed by atoms with van der Waals surface area (Å²) >= 11 is 0. The van der Waals surface area contributed by atoms with Gasteiger partial charge in [-0.05, 0) is 18.9 Å². The van der Waals surface area contributed by atoms with Crippen LogP contribution < -0.4 is 4.90 Å². The summed E-state index contributed by atoms with van der Waals surface area (Å²) < 4.78 is 0. The zero-order valence-electron chi connectivity index (χ0n) is 9.45. The molecule has 0 aromatic carbocycles. The maximum absolute atomic E-state index is 9.72. The number of anilines is 1. The fourth-order valence-corrected chi connectivity index (χ4v) is 2.29. The van der Waals surface area contributed by atoms with Crippen molar-refractivity contribution in [3.05, 3.63) is 24.8 Å². The molecule has 5 heteroatoms. The van der Waals surface area contributed by atoms with E-state index in [4.69, 9.17) is 0 Å². The number of pyridine rings is 1. The SMILES string of the molecule is OC1CCCN(c2ncnc3cnccc23)C1. The number of aromatic nitrogens is 3. The summed E-state index contributed by atoms with van der Waals surface area (Å²) in [5, 5.41) is 10.7. The van der Waals surface area contributed by atoms with Crippen LogP contribution in [0.25, 0.3) is 10.9 Å². The van der Waals surface area contributed by atoms with Gasteiger partial charge in [0.15, 0.2) is 0 Å². The highest BCUT2D eigenvalue weighted by molar-refractivity contribution is 5.88. The lowest BCUT2D eigenvalue weighted by molar-refractivity contribution is 0.154. The van der Waals surface area contributed by atoms with E-state index in [-0.39, 0.29) is 6.10 Å². The van der Waals surface area contributed by atoms with Crippen LogP contribution in [-0.4, -0.2) is 39.3 Å². The van der Waals surface area contributed by atoms with Gasteiger partial charge in [-0.2, -0.15) is 0 Å². The summed E-state index contributed by atoms with van der Waals surface area (Å²) in [6, 6.07) is 1.92. The third-order valence-electron chi connectivity index (χ3n) is 3.11. The summed E-state index contributed by atoms with van der Waals surface area (Å²) in [6.07, 6.45) is 6.66. The van der Waals surface area contributed by atoms with E-state index < -0.39 is 0 Å². The Morgan fingerprint density at radius 3 is 3.18 bits per heavy atom. The zero-order valence-corrected chi connectivity index (χ0v) is 9.45. The van der Waals surface area contributed by atoms with Crippen LogP contribution in [0.5, 0.6) is 0 Å². The molecule has 5 nitrogen and oxygen atoms in total. The van der Waals surface area contributed by atoms with Gasteiger partial charge in [0.05, 0.1) is 17.8 Å². The second-order valence-corrected chi connectivity index (χ2v) is 4.33. The molecule has 1 N–H and O–H groups in total. The smallest absolute Gasteiger partial charge is 0.140 e. The van der Waals surface area contributed by atoms with Crippen molar-refractivity contribution >= 4 is 16.7 Å². The fraction of sp³-hybridized carbons (Fsp3) is 0.417. The minimum Gasteiger partial charge on any atom is -0.391 e. The lowest BCUT2D eigenvalue weighted by Gasteiger charge is -2.31. The molecule has 1 fully saturated rings. The van der Waals surface area contributed by atoms with Crippen LogP contribution in [0.3, 0.4) is 0 Å². The largest absolute Gasteiger partial charge is 0.391 e. The third-order valence-corrected chi connectivity index (χ3v) is 3.11. The molecule has 0 spiro atoms. The van der Waals surface area contributed by atoms with Crippen molar-refractivity contribution in [3.8, 4) is 0 Å². The van der Waals surface area contributed by atoms with E-state index in [9.17, 15) is 5.11 Å². The van der Waals surface area contributed by atoms with Crippen molar-refractivity contribution in [1.82, 2.24) is 15.0 Å². The lowest BCUT2D eigenvalue weighted by Crippen LogP contribution is -2.38. The lowest BCUT2D eigenvalue weighted by atomic mass is 10.1. The number of hydrogen-bond donors (Lipinski definition) is 1. The average Bonchev–Trinajstić information content (AvgIpc) is 2.38. The average molecular weight is 230 g/mol. The highest BCUT2D eigenvalue weighted by atomic mass is 16.3. The molecule has 2 aromatic rings. The van der Waals surface area contributed by atoms with Crippen molar-refractivity contribution in [3.63, 3.8) is 0 Å². The number of hydrogen-bond acceptors (Lipinski definition) is 5. The molecule has 1 aliphatic heterocycles. The molecule has 0 aliphatic carbocycles. The first-order chi connectivity index (χ1) is 8.34. The Morgan fingerprint density at radius 2 is 2.29 bits per heavy atom. The molecule has 3 rings (SSSR count). The van der Waals surface area contributed by atoms with Gasteiger partial charge in [-0.3, -0.25) is 4.98 Å². The van der Waals surface area contributed by atoms with E-state index in [0.717, 1.165) is 36.1 Å². The molecule has 3 heterocycles. The topological polar surface area (TPSA) is 62.1 Å². The first kappa shape index (κ1) is 10.4. The Morgan fingerprint density at radius 1 is 1.35 bits per heavy atom. The second-order valence-electron chi connectivity index (χ2n) is 4.33. The Bertz CT molecular complexity index is 525. The van der Waals surface area contributed by atoms with Crippen molar-refractivity contribution in [1.29, 1.82) is 0 Å². The maximum Gasteiger partial charge on any atom is 0.140 e. The molecular formula is C12H14N4O. The summed E-state index contributed by atoms with van der Waals surface area (Å²) in [4.78, 5) is 14.7. The van der Waals surface area contributed by atoms with Gasteiger partial charge in [-0.15, -0.1) is 0 Å². The van der Waals surface area contributed by atoms with Gasteiger partial charge in [-0.25, -0.2) is 9.97 Å².